The quantitative estimate of drug-likeness (QED) is 0.720. The number of hydrogen-bond acceptors (Lipinski definition) is 5. The van der Waals surface area contributed by atoms with Gasteiger partial charge in [-0.3, -0.25) is 14.5 Å². The van der Waals surface area contributed by atoms with Crippen molar-refractivity contribution in [2.45, 2.75) is 19.8 Å². The van der Waals surface area contributed by atoms with E-state index in [0.717, 1.165) is 24.2 Å². The molecule has 102 valence electrons. The molecule has 0 saturated heterocycles. The molecule has 1 amide bonds. The molecule has 0 N–H and O–H groups in total. The van der Waals surface area contributed by atoms with Gasteiger partial charge in [-0.15, -0.1) is 10.2 Å². The molecule has 0 fully saturated rings. The summed E-state index contributed by atoms with van der Waals surface area (Å²) in [6.07, 6.45) is 4.96. The van der Waals surface area contributed by atoms with E-state index < -0.39 is 0 Å². The summed E-state index contributed by atoms with van der Waals surface area (Å²) in [6.45, 7) is 4.00. The van der Waals surface area contributed by atoms with Crippen molar-refractivity contribution >= 4 is 11.9 Å². The maximum absolute atomic E-state index is 11.4. The van der Waals surface area contributed by atoms with E-state index in [1.54, 1.807) is 6.92 Å². The second kappa shape index (κ2) is 6.38. The van der Waals surface area contributed by atoms with E-state index in [2.05, 4.69) is 10.2 Å². The third kappa shape index (κ3) is 3.82. The molecule has 0 radical (unpaired) electrons. The maximum atomic E-state index is 11.4. The zero-order valence-corrected chi connectivity index (χ0v) is 11.0. The molecule has 0 aromatic rings. The van der Waals surface area contributed by atoms with Crippen LogP contribution in [0.2, 0.25) is 0 Å². The number of allylic oxidation sites excluding steroid dienone is 1. The van der Waals surface area contributed by atoms with Gasteiger partial charge in [-0.2, -0.15) is 0 Å². The Morgan fingerprint density at radius 3 is 2.84 bits per heavy atom. The highest BCUT2D eigenvalue weighted by molar-refractivity contribution is 5.79. The molecule has 2 rings (SSSR count). The van der Waals surface area contributed by atoms with Gasteiger partial charge in [0, 0.05) is 13.1 Å². The predicted octanol–water partition coefficient (Wildman–Crippen LogP) is 1.45. The summed E-state index contributed by atoms with van der Waals surface area (Å²) in [4.78, 5) is 24.3. The minimum atomic E-state index is -0.205. The number of ether oxygens (including phenoxy) is 1. The van der Waals surface area contributed by atoms with Crippen molar-refractivity contribution in [3.8, 4) is 0 Å². The van der Waals surface area contributed by atoms with Crippen molar-refractivity contribution in [1.82, 2.24) is 4.90 Å². The van der Waals surface area contributed by atoms with Crippen LogP contribution in [0.1, 0.15) is 19.8 Å². The second-order valence-electron chi connectivity index (χ2n) is 4.41. The Morgan fingerprint density at radius 1 is 1.42 bits per heavy atom. The summed E-state index contributed by atoms with van der Waals surface area (Å²) < 4.78 is 4.92. The van der Waals surface area contributed by atoms with Crippen molar-refractivity contribution in [2.24, 2.45) is 10.2 Å². The van der Waals surface area contributed by atoms with Gasteiger partial charge in [0.2, 0.25) is 0 Å². The Kier molecular flexibility index (Phi) is 4.57. The molecule has 0 bridgehead atoms. The van der Waals surface area contributed by atoms with Crippen molar-refractivity contribution in [3.05, 3.63) is 23.4 Å². The van der Waals surface area contributed by atoms with E-state index in [-0.39, 0.29) is 11.9 Å². The van der Waals surface area contributed by atoms with E-state index in [9.17, 15) is 9.59 Å². The van der Waals surface area contributed by atoms with Crippen molar-refractivity contribution in [1.29, 1.82) is 0 Å². The molecular weight excluding hydrogens is 246 g/mol. The normalized spacial score (nSPS) is 19.9. The molecule has 0 aliphatic carbocycles. The number of amides is 1. The van der Waals surface area contributed by atoms with Crippen LogP contribution in [0.25, 0.3) is 0 Å². The van der Waals surface area contributed by atoms with Gasteiger partial charge in [-0.1, -0.05) is 6.08 Å². The van der Waals surface area contributed by atoms with Gasteiger partial charge in [-0.25, -0.2) is 0 Å². The van der Waals surface area contributed by atoms with E-state index in [4.69, 9.17) is 4.74 Å². The van der Waals surface area contributed by atoms with Gasteiger partial charge in [0.25, 0.3) is 5.91 Å². The average Bonchev–Trinajstić information content (AvgIpc) is 2.41. The van der Waals surface area contributed by atoms with E-state index in [0.29, 0.717) is 26.1 Å². The third-order valence-corrected chi connectivity index (χ3v) is 3.02. The first-order valence-electron chi connectivity index (χ1n) is 6.41. The first-order chi connectivity index (χ1) is 9.19. The Bertz CT molecular complexity index is 466. The van der Waals surface area contributed by atoms with Crippen molar-refractivity contribution < 1.29 is 14.3 Å². The molecule has 0 saturated carbocycles. The standard InChI is InChI=1S/C13H17N3O3/c1-2-19-13(18)9-16-7-5-10(6-8-16)11-3-4-12(17)15-14-11/h3,5H,2,4,6-9H2,1H3. The lowest BCUT2D eigenvalue weighted by Crippen LogP contribution is -2.34. The third-order valence-electron chi connectivity index (χ3n) is 3.02. The number of carbonyl (C=O) groups is 2. The summed E-state index contributed by atoms with van der Waals surface area (Å²) in [5, 5.41) is 7.48. The molecule has 2 aliphatic heterocycles. The first-order valence-corrected chi connectivity index (χ1v) is 6.41. The van der Waals surface area contributed by atoms with E-state index in [1.165, 1.54) is 0 Å². The Labute approximate surface area is 111 Å². The first kappa shape index (κ1) is 13.6. The lowest BCUT2D eigenvalue weighted by atomic mass is 10.0. The Hall–Kier alpha value is -1.82. The van der Waals surface area contributed by atoms with Crippen LogP contribution in [0, 0.1) is 0 Å². The summed E-state index contributed by atoms with van der Waals surface area (Å²) in [6, 6.07) is 0. The van der Waals surface area contributed by atoms with Gasteiger partial charge in [0.1, 0.15) is 0 Å². The maximum Gasteiger partial charge on any atom is 0.320 e. The summed E-state index contributed by atoms with van der Waals surface area (Å²) in [7, 11) is 0. The molecule has 2 heterocycles. The molecule has 0 atom stereocenters. The van der Waals surface area contributed by atoms with Gasteiger partial charge < -0.3 is 4.74 Å². The smallest absolute Gasteiger partial charge is 0.320 e. The van der Waals surface area contributed by atoms with Crippen LogP contribution in [0.15, 0.2) is 33.7 Å². The molecular formula is C13H17N3O3. The van der Waals surface area contributed by atoms with Gasteiger partial charge in [0.15, 0.2) is 0 Å². The van der Waals surface area contributed by atoms with Crippen molar-refractivity contribution in [3.63, 3.8) is 0 Å². The SMILES string of the molecule is CCOC(=O)CN1CC=C(C2=CCC(=O)N=N2)CC1. The predicted molar refractivity (Wildman–Crippen MR) is 68.3 cm³/mol. The van der Waals surface area contributed by atoms with Crippen LogP contribution in [-0.4, -0.2) is 43.0 Å². The molecule has 0 unspecified atom stereocenters. The Balaban J connectivity index is 1.88. The monoisotopic (exact) mass is 263 g/mol. The molecule has 0 aromatic heterocycles. The molecule has 6 nitrogen and oxygen atoms in total. The average molecular weight is 263 g/mol. The Morgan fingerprint density at radius 2 is 2.26 bits per heavy atom. The van der Waals surface area contributed by atoms with E-state index in [1.807, 2.05) is 17.1 Å². The molecule has 0 aromatic carbocycles. The summed E-state index contributed by atoms with van der Waals surface area (Å²) in [5.41, 5.74) is 1.88. The van der Waals surface area contributed by atoms with Gasteiger partial charge >= 0.3 is 5.97 Å². The van der Waals surface area contributed by atoms with Crippen LogP contribution in [0.4, 0.5) is 0 Å². The largest absolute Gasteiger partial charge is 0.465 e. The molecule has 0 spiro atoms. The lowest BCUT2D eigenvalue weighted by Gasteiger charge is -2.25. The topological polar surface area (TPSA) is 71.3 Å². The molecule has 19 heavy (non-hydrogen) atoms. The van der Waals surface area contributed by atoms with Crippen LogP contribution in [0.3, 0.4) is 0 Å². The highest BCUT2D eigenvalue weighted by atomic mass is 16.5. The fourth-order valence-electron chi connectivity index (χ4n) is 2.05. The van der Waals surface area contributed by atoms with Crippen LogP contribution < -0.4 is 0 Å². The zero-order chi connectivity index (χ0) is 13.7. The second-order valence-corrected chi connectivity index (χ2v) is 4.41. The van der Waals surface area contributed by atoms with E-state index >= 15 is 0 Å². The van der Waals surface area contributed by atoms with Gasteiger partial charge in [0.05, 0.1) is 25.3 Å². The highest BCUT2D eigenvalue weighted by Gasteiger charge is 2.18. The number of nitrogens with zero attached hydrogens (tertiary/aromatic N) is 3. The highest BCUT2D eigenvalue weighted by Crippen LogP contribution is 2.23. The minimum Gasteiger partial charge on any atom is -0.465 e. The van der Waals surface area contributed by atoms with Crippen LogP contribution >= 0.6 is 0 Å². The van der Waals surface area contributed by atoms with Crippen molar-refractivity contribution in [2.75, 3.05) is 26.2 Å². The molecule has 2 aliphatic rings. The number of carbonyl (C=O) groups excluding carboxylic acids is 2. The number of esters is 1. The van der Waals surface area contributed by atoms with Crippen LogP contribution in [0.5, 0.6) is 0 Å². The van der Waals surface area contributed by atoms with Gasteiger partial charge in [-0.05, 0) is 25.0 Å². The number of rotatable bonds is 4. The summed E-state index contributed by atoms with van der Waals surface area (Å²) >= 11 is 0. The lowest BCUT2D eigenvalue weighted by molar-refractivity contribution is -0.144. The summed E-state index contributed by atoms with van der Waals surface area (Å²) in [5.74, 6) is -0.398. The van der Waals surface area contributed by atoms with Crippen LogP contribution in [-0.2, 0) is 14.3 Å². The fourth-order valence-corrected chi connectivity index (χ4v) is 2.05. The minimum absolute atomic E-state index is 0.193. The number of hydrogen-bond donors (Lipinski definition) is 0. The number of azo groups is 1. The fraction of sp³-hybridized carbons (Fsp3) is 0.538. The zero-order valence-electron chi connectivity index (χ0n) is 11.0. The molecule has 6 heteroatoms.